The van der Waals surface area contributed by atoms with Crippen LogP contribution in [0, 0.1) is 6.92 Å². The lowest BCUT2D eigenvalue weighted by Gasteiger charge is -2.16. The molecule has 0 unspecified atom stereocenters. The molecule has 0 saturated carbocycles. The van der Waals surface area contributed by atoms with Crippen molar-refractivity contribution in [2.45, 2.75) is 20.0 Å². The van der Waals surface area contributed by atoms with E-state index in [9.17, 15) is 4.79 Å². The Balaban J connectivity index is 1.79. The minimum Gasteiger partial charge on any atom is -0.493 e. The molecular formula is C22H21N3O3. The number of aromatic amines is 1. The van der Waals surface area contributed by atoms with Crippen molar-refractivity contribution in [3.05, 3.63) is 82.4 Å². The molecule has 0 radical (unpaired) electrons. The van der Waals surface area contributed by atoms with Crippen molar-refractivity contribution >= 4 is 5.65 Å². The highest BCUT2D eigenvalue weighted by Gasteiger charge is 2.18. The van der Waals surface area contributed by atoms with Gasteiger partial charge in [0.1, 0.15) is 6.10 Å². The molecule has 0 fully saturated rings. The minimum atomic E-state index is -0.423. The quantitative estimate of drug-likeness (QED) is 0.569. The van der Waals surface area contributed by atoms with E-state index in [2.05, 4.69) is 5.10 Å². The summed E-state index contributed by atoms with van der Waals surface area (Å²) in [4.78, 5) is 17.4. The third kappa shape index (κ3) is 3.13. The molecule has 0 amide bonds. The SMILES string of the molecule is COc1ccccc1O[C@@H](C)c1cc(=O)n2[nH]c(C)c(-c3ccccc3)c2n1. The van der Waals surface area contributed by atoms with Crippen LogP contribution in [0.4, 0.5) is 0 Å². The number of rotatable bonds is 5. The second-order valence-corrected chi connectivity index (χ2v) is 6.57. The second-order valence-electron chi connectivity index (χ2n) is 6.57. The van der Waals surface area contributed by atoms with E-state index in [0.717, 1.165) is 16.8 Å². The average Bonchev–Trinajstić information content (AvgIpc) is 3.05. The number of benzene rings is 2. The van der Waals surface area contributed by atoms with Crippen LogP contribution in [0.1, 0.15) is 24.4 Å². The lowest BCUT2D eigenvalue weighted by molar-refractivity contribution is 0.211. The van der Waals surface area contributed by atoms with E-state index >= 15 is 0 Å². The lowest BCUT2D eigenvalue weighted by Crippen LogP contribution is -2.18. The van der Waals surface area contributed by atoms with Gasteiger partial charge in [0.15, 0.2) is 17.1 Å². The number of aromatic nitrogens is 3. The van der Waals surface area contributed by atoms with Gasteiger partial charge in [-0.15, -0.1) is 0 Å². The molecule has 2 aromatic heterocycles. The first-order chi connectivity index (χ1) is 13.6. The number of fused-ring (bicyclic) bond motifs is 1. The average molecular weight is 375 g/mol. The summed E-state index contributed by atoms with van der Waals surface area (Å²) in [6.45, 7) is 3.80. The summed E-state index contributed by atoms with van der Waals surface area (Å²) in [6.07, 6.45) is -0.423. The van der Waals surface area contributed by atoms with Crippen LogP contribution in [0.15, 0.2) is 65.5 Å². The Morgan fingerprint density at radius 2 is 1.71 bits per heavy atom. The number of para-hydroxylation sites is 2. The Kier molecular flexibility index (Phi) is 4.61. The molecule has 6 nitrogen and oxygen atoms in total. The summed E-state index contributed by atoms with van der Waals surface area (Å²) < 4.78 is 12.8. The molecule has 0 aliphatic carbocycles. The summed E-state index contributed by atoms with van der Waals surface area (Å²) in [5.41, 5.74) is 3.76. The Hall–Kier alpha value is -3.54. The van der Waals surface area contributed by atoms with Gasteiger partial charge in [-0.25, -0.2) is 9.50 Å². The van der Waals surface area contributed by atoms with Crippen LogP contribution >= 0.6 is 0 Å². The van der Waals surface area contributed by atoms with Crippen LogP contribution in [0.3, 0.4) is 0 Å². The van der Waals surface area contributed by atoms with E-state index in [1.807, 2.05) is 68.4 Å². The standard InChI is InChI=1S/C22H21N3O3/c1-14-21(16-9-5-4-6-10-16)22-23-17(13-20(26)25(22)24-14)15(2)28-19-12-8-7-11-18(19)27-3/h4-13,15,24H,1-3H3/t15-/m0/s1. The zero-order valence-corrected chi connectivity index (χ0v) is 16.0. The van der Waals surface area contributed by atoms with Gasteiger partial charge in [-0.2, -0.15) is 0 Å². The van der Waals surface area contributed by atoms with Gasteiger partial charge in [-0.05, 0) is 31.5 Å². The van der Waals surface area contributed by atoms with Crippen LogP contribution in [-0.2, 0) is 0 Å². The van der Waals surface area contributed by atoms with Gasteiger partial charge < -0.3 is 9.47 Å². The molecule has 0 spiro atoms. The second kappa shape index (κ2) is 7.23. The monoisotopic (exact) mass is 375 g/mol. The third-order valence-corrected chi connectivity index (χ3v) is 4.67. The normalized spacial score (nSPS) is 12.1. The Morgan fingerprint density at radius 1 is 1.04 bits per heavy atom. The maximum atomic E-state index is 12.7. The fourth-order valence-electron chi connectivity index (χ4n) is 3.29. The van der Waals surface area contributed by atoms with Crippen molar-refractivity contribution < 1.29 is 9.47 Å². The molecule has 142 valence electrons. The van der Waals surface area contributed by atoms with E-state index in [1.54, 1.807) is 7.11 Å². The molecule has 1 N–H and O–H groups in total. The van der Waals surface area contributed by atoms with Crippen LogP contribution in [0.25, 0.3) is 16.8 Å². The van der Waals surface area contributed by atoms with Gasteiger partial charge >= 0.3 is 0 Å². The molecule has 0 saturated heterocycles. The van der Waals surface area contributed by atoms with Gasteiger partial charge in [0.2, 0.25) is 0 Å². The molecule has 6 heteroatoms. The zero-order valence-electron chi connectivity index (χ0n) is 16.0. The number of nitrogens with one attached hydrogen (secondary N) is 1. The summed E-state index contributed by atoms with van der Waals surface area (Å²) in [6, 6.07) is 18.8. The van der Waals surface area contributed by atoms with E-state index in [4.69, 9.17) is 14.5 Å². The van der Waals surface area contributed by atoms with Crippen molar-refractivity contribution in [2.75, 3.05) is 7.11 Å². The first-order valence-corrected chi connectivity index (χ1v) is 9.06. The highest BCUT2D eigenvalue weighted by molar-refractivity contribution is 5.79. The van der Waals surface area contributed by atoms with Gasteiger partial charge in [-0.3, -0.25) is 9.89 Å². The Morgan fingerprint density at radius 3 is 2.43 bits per heavy atom. The lowest BCUT2D eigenvalue weighted by atomic mass is 10.1. The first kappa shape index (κ1) is 17.9. The summed E-state index contributed by atoms with van der Waals surface area (Å²) in [7, 11) is 1.60. The third-order valence-electron chi connectivity index (χ3n) is 4.67. The molecule has 28 heavy (non-hydrogen) atoms. The first-order valence-electron chi connectivity index (χ1n) is 9.06. The van der Waals surface area contributed by atoms with Crippen molar-refractivity contribution in [3.8, 4) is 22.6 Å². The fourth-order valence-corrected chi connectivity index (χ4v) is 3.29. The molecule has 2 aromatic carbocycles. The molecule has 1 atom stereocenters. The number of hydrogen-bond acceptors (Lipinski definition) is 4. The zero-order chi connectivity index (χ0) is 19.7. The van der Waals surface area contributed by atoms with Gasteiger partial charge in [0, 0.05) is 17.3 Å². The minimum absolute atomic E-state index is 0.180. The Labute approximate surface area is 162 Å². The van der Waals surface area contributed by atoms with Crippen LogP contribution in [0.2, 0.25) is 0 Å². The molecule has 4 aromatic rings. The van der Waals surface area contributed by atoms with Crippen molar-refractivity contribution in [3.63, 3.8) is 0 Å². The topological polar surface area (TPSA) is 68.6 Å². The van der Waals surface area contributed by atoms with E-state index < -0.39 is 6.10 Å². The van der Waals surface area contributed by atoms with Crippen molar-refractivity contribution in [1.82, 2.24) is 14.6 Å². The van der Waals surface area contributed by atoms with Crippen LogP contribution in [0.5, 0.6) is 11.5 Å². The van der Waals surface area contributed by atoms with Crippen LogP contribution in [-0.4, -0.2) is 21.7 Å². The van der Waals surface area contributed by atoms with Crippen LogP contribution < -0.4 is 15.0 Å². The molecule has 0 bridgehead atoms. The smallest absolute Gasteiger partial charge is 0.273 e. The fraction of sp³-hybridized carbons (Fsp3) is 0.182. The molecule has 0 aliphatic rings. The molecular weight excluding hydrogens is 354 g/mol. The predicted octanol–water partition coefficient (Wildman–Crippen LogP) is 4.15. The highest BCUT2D eigenvalue weighted by Crippen LogP contribution is 2.31. The molecule has 2 heterocycles. The molecule has 0 aliphatic heterocycles. The van der Waals surface area contributed by atoms with Crippen molar-refractivity contribution in [1.29, 1.82) is 0 Å². The number of nitrogens with zero attached hydrogens (tertiary/aromatic N) is 2. The summed E-state index contributed by atoms with van der Waals surface area (Å²) in [5.74, 6) is 1.24. The number of aryl methyl sites for hydroxylation is 1. The highest BCUT2D eigenvalue weighted by atomic mass is 16.5. The number of methoxy groups -OCH3 is 1. The van der Waals surface area contributed by atoms with E-state index in [0.29, 0.717) is 22.8 Å². The Bertz CT molecular complexity index is 1180. The maximum absolute atomic E-state index is 12.7. The van der Waals surface area contributed by atoms with E-state index in [-0.39, 0.29) is 5.56 Å². The number of hydrogen-bond donors (Lipinski definition) is 1. The van der Waals surface area contributed by atoms with Gasteiger partial charge in [0.05, 0.1) is 12.8 Å². The summed E-state index contributed by atoms with van der Waals surface area (Å²) >= 11 is 0. The summed E-state index contributed by atoms with van der Waals surface area (Å²) in [5, 5.41) is 3.11. The van der Waals surface area contributed by atoms with Gasteiger partial charge in [-0.1, -0.05) is 42.5 Å². The van der Waals surface area contributed by atoms with E-state index in [1.165, 1.54) is 10.6 Å². The predicted molar refractivity (Wildman–Crippen MR) is 108 cm³/mol. The maximum Gasteiger partial charge on any atom is 0.273 e. The van der Waals surface area contributed by atoms with Crippen molar-refractivity contribution in [2.24, 2.45) is 0 Å². The number of ether oxygens (including phenoxy) is 2. The van der Waals surface area contributed by atoms with Gasteiger partial charge in [0.25, 0.3) is 5.56 Å². The number of H-pyrrole nitrogens is 1. The largest absolute Gasteiger partial charge is 0.493 e. The molecule has 4 rings (SSSR count).